The zero-order valence-corrected chi connectivity index (χ0v) is 11.4. The van der Waals surface area contributed by atoms with E-state index in [-0.39, 0.29) is 0 Å². The zero-order chi connectivity index (χ0) is 11.5. The third-order valence-corrected chi connectivity index (χ3v) is 4.42. The molecule has 1 saturated heterocycles. The van der Waals surface area contributed by atoms with Crippen LogP contribution in [0.1, 0.15) is 19.0 Å². The van der Waals surface area contributed by atoms with E-state index in [0.29, 0.717) is 11.9 Å². The van der Waals surface area contributed by atoms with E-state index in [1.807, 2.05) is 0 Å². The SMILES string of the molecule is CCC1CN(c2nc(CCl)cs2)CCN1C. The van der Waals surface area contributed by atoms with E-state index in [9.17, 15) is 0 Å². The van der Waals surface area contributed by atoms with E-state index in [2.05, 4.69) is 34.1 Å². The standard InChI is InChI=1S/C11H18ClN3S/c1-3-10-7-15(5-4-14(10)2)11-13-9(6-12)8-16-11/h8,10H,3-7H2,1-2H3. The number of likely N-dealkylation sites (N-methyl/N-ethyl adjacent to an activating group) is 1. The molecule has 2 rings (SSSR count). The topological polar surface area (TPSA) is 19.4 Å². The maximum Gasteiger partial charge on any atom is 0.185 e. The minimum absolute atomic E-state index is 0.515. The average Bonchev–Trinajstić information content (AvgIpc) is 2.78. The van der Waals surface area contributed by atoms with Crippen molar-refractivity contribution in [2.45, 2.75) is 25.3 Å². The third kappa shape index (κ3) is 2.50. The monoisotopic (exact) mass is 259 g/mol. The molecule has 1 aliphatic rings. The van der Waals surface area contributed by atoms with Crippen LogP contribution in [0.2, 0.25) is 0 Å². The maximum absolute atomic E-state index is 5.78. The van der Waals surface area contributed by atoms with Gasteiger partial charge in [0.25, 0.3) is 0 Å². The van der Waals surface area contributed by atoms with Gasteiger partial charge in [0.1, 0.15) is 0 Å². The van der Waals surface area contributed by atoms with Crippen LogP contribution in [0.3, 0.4) is 0 Å². The number of hydrogen-bond acceptors (Lipinski definition) is 4. The average molecular weight is 260 g/mol. The van der Waals surface area contributed by atoms with Crippen LogP contribution in [0, 0.1) is 0 Å². The molecule has 0 aromatic carbocycles. The summed E-state index contributed by atoms with van der Waals surface area (Å²) >= 11 is 7.48. The molecule has 0 bridgehead atoms. The highest BCUT2D eigenvalue weighted by Crippen LogP contribution is 2.24. The lowest BCUT2D eigenvalue weighted by Gasteiger charge is -2.39. The van der Waals surface area contributed by atoms with Crippen molar-refractivity contribution in [3.05, 3.63) is 11.1 Å². The Morgan fingerprint density at radius 3 is 3.00 bits per heavy atom. The largest absolute Gasteiger partial charge is 0.345 e. The van der Waals surface area contributed by atoms with Gasteiger partial charge in [-0.1, -0.05) is 6.92 Å². The molecule has 1 atom stereocenters. The Morgan fingerprint density at radius 1 is 1.56 bits per heavy atom. The Bertz CT molecular complexity index is 342. The van der Waals surface area contributed by atoms with E-state index in [4.69, 9.17) is 11.6 Å². The molecule has 1 fully saturated rings. The highest BCUT2D eigenvalue weighted by molar-refractivity contribution is 7.13. The van der Waals surface area contributed by atoms with Crippen LogP contribution < -0.4 is 4.90 Å². The second-order valence-electron chi connectivity index (χ2n) is 4.24. The second-order valence-corrected chi connectivity index (χ2v) is 5.35. The minimum Gasteiger partial charge on any atom is -0.345 e. The van der Waals surface area contributed by atoms with Crippen molar-refractivity contribution in [2.75, 3.05) is 31.6 Å². The number of halogens is 1. The molecule has 1 aromatic rings. The van der Waals surface area contributed by atoms with E-state index < -0.39 is 0 Å². The molecular weight excluding hydrogens is 242 g/mol. The van der Waals surface area contributed by atoms with Crippen molar-refractivity contribution in [1.82, 2.24) is 9.88 Å². The van der Waals surface area contributed by atoms with Crippen molar-refractivity contribution in [3.63, 3.8) is 0 Å². The van der Waals surface area contributed by atoms with Gasteiger partial charge in [0.2, 0.25) is 0 Å². The first kappa shape index (κ1) is 12.1. The molecule has 0 N–H and O–H groups in total. The summed E-state index contributed by atoms with van der Waals surface area (Å²) in [5, 5.41) is 3.18. The summed E-state index contributed by atoms with van der Waals surface area (Å²) in [6.07, 6.45) is 1.20. The van der Waals surface area contributed by atoms with Crippen molar-refractivity contribution in [1.29, 1.82) is 0 Å². The van der Waals surface area contributed by atoms with Crippen LogP contribution in [0.25, 0.3) is 0 Å². The molecule has 0 amide bonds. The Morgan fingerprint density at radius 2 is 2.38 bits per heavy atom. The van der Waals surface area contributed by atoms with Crippen LogP contribution in [0.4, 0.5) is 5.13 Å². The number of alkyl halides is 1. The summed E-state index contributed by atoms with van der Waals surface area (Å²) < 4.78 is 0. The molecule has 2 heterocycles. The second kappa shape index (κ2) is 5.34. The van der Waals surface area contributed by atoms with Gasteiger partial charge in [-0.25, -0.2) is 4.98 Å². The lowest BCUT2D eigenvalue weighted by Crippen LogP contribution is -2.51. The fraction of sp³-hybridized carbons (Fsp3) is 0.727. The molecule has 90 valence electrons. The molecule has 1 aliphatic heterocycles. The summed E-state index contributed by atoms with van der Waals surface area (Å²) in [6, 6.07) is 0.650. The molecule has 1 unspecified atom stereocenters. The van der Waals surface area contributed by atoms with Crippen LogP contribution in [0.15, 0.2) is 5.38 Å². The summed E-state index contributed by atoms with van der Waals surface area (Å²) in [6.45, 7) is 5.52. The molecule has 5 heteroatoms. The van der Waals surface area contributed by atoms with Crippen LogP contribution in [0.5, 0.6) is 0 Å². The number of piperazine rings is 1. The summed E-state index contributed by atoms with van der Waals surface area (Å²) in [4.78, 5) is 9.36. The van der Waals surface area contributed by atoms with Gasteiger partial charge in [-0.05, 0) is 13.5 Å². The Balaban J connectivity index is 2.05. The third-order valence-electron chi connectivity index (χ3n) is 3.20. The van der Waals surface area contributed by atoms with E-state index in [0.717, 1.165) is 30.5 Å². The quantitative estimate of drug-likeness (QED) is 0.778. The van der Waals surface area contributed by atoms with E-state index in [1.54, 1.807) is 11.3 Å². The first-order valence-corrected chi connectivity index (χ1v) is 7.11. The van der Waals surface area contributed by atoms with Crippen LogP contribution >= 0.6 is 22.9 Å². The van der Waals surface area contributed by atoms with Gasteiger partial charge >= 0.3 is 0 Å². The number of thiazole rings is 1. The number of aromatic nitrogens is 1. The van der Waals surface area contributed by atoms with Crippen LogP contribution in [-0.2, 0) is 5.88 Å². The number of hydrogen-bond donors (Lipinski definition) is 0. The molecule has 0 saturated carbocycles. The molecule has 3 nitrogen and oxygen atoms in total. The number of rotatable bonds is 3. The Labute approximate surface area is 106 Å². The number of anilines is 1. The van der Waals surface area contributed by atoms with Crippen molar-refractivity contribution in [2.24, 2.45) is 0 Å². The van der Waals surface area contributed by atoms with Gasteiger partial charge in [0, 0.05) is 31.1 Å². The predicted molar refractivity (Wildman–Crippen MR) is 70.6 cm³/mol. The highest BCUT2D eigenvalue weighted by atomic mass is 35.5. The van der Waals surface area contributed by atoms with Crippen molar-refractivity contribution >= 4 is 28.1 Å². The smallest absolute Gasteiger partial charge is 0.185 e. The first-order valence-electron chi connectivity index (χ1n) is 5.70. The zero-order valence-electron chi connectivity index (χ0n) is 9.82. The maximum atomic E-state index is 5.78. The van der Waals surface area contributed by atoms with Gasteiger partial charge < -0.3 is 4.90 Å². The van der Waals surface area contributed by atoms with Crippen LogP contribution in [-0.4, -0.2) is 42.6 Å². The lowest BCUT2D eigenvalue weighted by molar-refractivity contribution is 0.213. The lowest BCUT2D eigenvalue weighted by atomic mass is 10.1. The molecular formula is C11H18ClN3S. The van der Waals surface area contributed by atoms with Gasteiger partial charge in [0.05, 0.1) is 11.6 Å². The summed E-state index contributed by atoms with van der Waals surface area (Å²) in [5.41, 5.74) is 0.994. The molecule has 0 spiro atoms. The fourth-order valence-electron chi connectivity index (χ4n) is 2.06. The molecule has 0 aliphatic carbocycles. The highest BCUT2D eigenvalue weighted by Gasteiger charge is 2.24. The van der Waals surface area contributed by atoms with Gasteiger partial charge in [-0.2, -0.15) is 0 Å². The van der Waals surface area contributed by atoms with Gasteiger partial charge in [0.15, 0.2) is 5.13 Å². The molecule has 0 radical (unpaired) electrons. The molecule has 16 heavy (non-hydrogen) atoms. The Kier molecular flexibility index (Phi) is 4.05. The van der Waals surface area contributed by atoms with Crippen molar-refractivity contribution < 1.29 is 0 Å². The van der Waals surface area contributed by atoms with E-state index in [1.165, 1.54) is 6.42 Å². The normalized spacial score (nSPS) is 22.7. The van der Waals surface area contributed by atoms with Crippen molar-refractivity contribution in [3.8, 4) is 0 Å². The first-order chi connectivity index (χ1) is 7.74. The summed E-state index contributed by atoms with van der Waals surface area (Å²) in [5.74, 6) is 0.515. The van der Waals surface area contributed by atoms with Gasteiger partial charge in [-0.3, -0.25) is 4.90 Å². The van der Waals surface area contributed by atoms with Gasteiger partial charge in [-0.15, -0.1) is 22.9 Å². The predicted octanol–water partition coefficient (Wildman–Crippen LogP) is 2.41. The number of nitrogens with zero attached hydrogens (tertiary/aromatic N) is 3. The summed E-state index contributed by atoms with van der Waals surface area (Å²) in [7, 11) is 2.21. The molecule has 1 aromatic heterocycles. The Hall–Kier alpha value is -0.320. The minimum atomic E-state index is 0.515. The fourth-order valence-corrected chi connectivity index (χ4v) is 3.15. The van der Waals surface area contributed by atoms with E-state index >= 15 is 0 Å².